The summed E-state index contributed by atoms with van der Waals surface area (Å²) < 4.78 is 81.6. The molecule has 0 aromatic heterocycles. The molecule has 0 aliphatic carbocycles. The van der Waals surface area contributed by atoms with Gasteiger partial charge in [-0.2, -0.15) is 0 Å². The van der Waals surface area contributed by atoms with Crippen molar-refractivity contribution in [3.8, 4) is 0 Å². The van der Waals surface area contributed by atoms with Crippen LogP contribution in [0.1, 0.15) is 11.1 Å². The summed E-state index contributed by atoms with van der Waals surface area (Å²) in [7, 11) is -8.06. The lowest BCUT2D eigenvalue weighted by Crippen LogP contribution is -2.20. The van der Waals surface area contributed by atoms with Gasteiger partial charge in [-0.3, -0.25) is 9.44 Å². The lowest BCUT2D eigenvalue weighted by molar-refractivity contribution is 0.509. The average molecular weight is 453 g/mol. The van der Waals surface area contributed by atoms with Gasteiger partial charge in [-0.1, -0.05) is 60.7 Å². The van der Waals surface area contributed by atoms with E-state index < -0.39 is 54.6 Å². The zero-order valence-electron chi connectivity index (χ0n) is 15.5. The molecular formula is C20H18F2N2O4S2. The standard InChI is InChI=1S/C20H18F2N2O4S2/c21-17-11-19(23-29(25,26)13-15-7-3-1-4-8-15)20(12-18(17)22)24-30(27,28)14-16-9-5-2-6-10-16/h1-12,23-24H,13-14H2. The number of anilines is 2. The van der Waals surface area contributed by atoms with Crippen LogP contribution in [0.15, 0.2) is 72.8 Å². The van der Waals surface area contributed by atoms with Crippen LogP contribution in [0.25, 0.3) is 0 Å². The molecule has 0 amide bonds. The van der Waals surface area contributed by atoms with Gasteiger partial charge in [0, 0.05) is 12.1 Å². The van der Waals surface area contributed by atoms with Crippen molar-refractivity contribution in [1.82, 2.24) is 0 Å². The molecule has 30 heavy (non-hydrogen) atoms. The topological polar surface area (TPSA) is 92.3 Å². The first kappa shape index (κ1) is 21.7. The van der Waals surface area contributed by atoms with E-state index in [4.69, 9.17) is 0 Å². The predicted octanol–water partition coefficient (Wildman–Crippen LogP) is 3.85. The highest BCUT2D eigenvalue weighted by Gasteiger charge is 2.20. The van der Waals surface area contributed by atoms with Crippen LogP contribution in [0, 0.1) is 11.6 Å². The highest BCUT2D eigenvalue weighted by molar-refractivity contribution is 7.92. The molecule has 0 saturated heterocycles. The molecule has 0 bridgehead atoms. The second-order valence-corrected chi connectivity index (χ2v) is 9.95. The molecule has 158 valence electrons. The molecule has 0 fully saturated rings. The zero-order valence-corrected chi connectivity index (χ0v) is 17.2. The summed E-state index contributed by atoms with van der Waals surface area (Å²) in [6, 6.07) is 17.6. The summed E-state index contributed by atoms with van der Waals surface area (Å²) in [6.07, 6.45) is 0. The van der Waals surface area contributed by atoms with Gasteiger partial charge in [0.15, 0.2) is 11.6 Å². The van der Waals surface area contributed by atoms with Gasteiger partial charge in [-0.25, -0.2) is 25.6 Å². The van der Waals surface area contributed by atoms with E-state index in [1.165, 1.54) is 0 Å². The van der Waals surface area contributed by atoms with Crippen molar-refractivity contribution in [2.24, 2.45) is 0 Å². The number of sulfonamides is 2. The van der Waals surface area contributed by atoms with Crippen LogP contribution in [0.3, 0.4) is 0 Å². The molecule has 0 heterocycles. The van der Waals surface area contributed by atoms with E-state index in [9.17, 15) is 25.6 Å². The van der Waals surface area contributed by atoms with Crippen LogP contribution >= 0.6 is 0 Å². The summed E-state index contributed by atoms with van der Waals surface area (Å²) in [6.45, 7) is 0. The number of halogens is 2. The van der Waals surface area contributed by atoms with Crippen LogP contribution in [-0.2, 0) is 31.6 Å². The molecule has 2 N–H and O–H groups in total. The largest absolute Gasteiger partial charge is 0.281 e. The number of hydrogen-bond acceptors (Lipinski definition) is 4. The Bertz CT molecular complexity index is 1140. The SMILES string of the molecule is O=S(=O)(Cc1ccccc1)Nc1cc(F)c(F)cc1NS(=O)(=O)Cc1ccccc1. The predicted molar refractivity (Wildman–Crippen MR) is 112 cm³/mol. The van der Waals surface area contributed by atoms with Crippen molar-refractivity contribution in [3.63, 3.8) is 0 Å². The summed E-state index contributed by atoms with van der Waals surface area (Å²) in [5.74, 6) is -3.50. The van der Waals surface area contributed by atoms with E-state index in [1.807, 2.05) is 0 Å². The maximum absolute atomic E-state index is 13.8. The summed E-state index contributed by atoms with van der Waals surface area (Å²) in [4.78, 5) is 0. The lowest BCUT2D eigenvalue weighted by atomic mass is 10.2. The summed E-state index contributed by atoms with van der Waals surface area (Å²) >= 11 is 0. The van der Waals surface area contributed by atoms with Gasteiger partial charge >= 0.3 is 0 Å². The number of rotatable bonds is 8. The highest BCUT2D eigenvalue weighted by atomic mass is 32.2. The number of hydrogen-bond donors (Lipinski definition) is 2. The smallest absolute Gasteiger partial charge is 0.236 e. The molecule has 0 unspecified atom stereocenters. The Morgan fingerprint density at radius 1 is 0.600 bits per heavy atom. The van der Waals surface area contributed by atoms with Crippen molar-refractivity contribution in [1.29, 1.82) is 0 Å². The van der Waals surface area contributed by atoms with Crippen molar-refractivity contribution >= 4 is 31.4 Å². The minimum absolute atomic E-state index is 0.415. The first-order valence-electron chi connectivity index (χ1n) is 8.71. The third kappa shape index (κ3) is 6.01. The van der Waals surface area contributed by atoms with Gasteiger partial charge in [0.2, 0.25) is 20.0 Å². The lowest BCUT2D eigenvalue weighted by Gasteiger charge is -2.15. The van der Waals surface area contributed by atoms with E-state index in [0.717, 1.165) is 0 Å². The van der Waals surface area contributed by atoms with E-state index >= 15 is 0 Å². The Labute approximate surface area is 173 Å². The summed E-state index contributed by atoms with van der Waals surface area (Å²) in [5.41, 5.74) is 0.112. The maximum atomic E-state index is 13.8. The van der Waals surface area contributed by atoms with Crippen molar-refractivity contribution < 1.29 is 25.6 Å². The molecule has 3 aromatic rings. The fraction of sp³-hybridized carbons (Fsp3) is 0.100. The second-order valence-electron chi connectivity index (χ2n) is 6.51. The Morgan fingerprint density at radius 3 is 1.27 bits per heavy atom. The first-order chi connectivity index (χ1) is 14.1. The molecule has 0 spiro atoms. The van der Waals surface area contributed by atoms with Crippen LogP contribution in [0.5, 0.6) is 0 Å². The minimum Gasteiger partial charge on any atom is -0.281 e. The Kier molecular flexibility index (Phi) is 6.37. The van der Waals surface area contributed by atoms with Crippen molar-refractivity contribution in [2.45, 2.75) is 11.5 Å². The van der Waals surface area contributed by atoms with Gasteiger partial charge in [0.25, 0.3) is 0 Å². The quantitative estimate of drug-likeness (QED) is 0.543. The maximum Gasteiger partial charge on any atom is 0.236 e. The third-order valence-corrected chi connectivity index (χ3v) is 6.48. The molecule has 3 rings (SSSR count). The molecule has 6 nitrogen and oxygen atoms in total. The Hall–Kier alpha value is -2.98. The van der Waals surface area contributed by atoms with Crippen LogP contribution < -0.4 is 9.44 Å². The summed E-state index contributed by atoms with van der Waals surface area (Å²) in [5, 5.41) is 0. The monoisotopic (exact) mass is 452 g/mol. The second kappa shape index (κ2) is 8.80. The van der Waals surface area contributed by atoms with E-state index in [-0.39, 0.29) is 0 Å². The fourth-order valence-electron chi connectivity index (χ4n) is 2.71. The Balaban J connectivity index is 1.87. The number of nitrogens with one attached hydrogen (secondary N) is 2. The molecule has 0 aliphatic rings. The highest BCUT2D eigenvalue weighted by Crippen LogP contribution is 2.28. The van der Waals surface area contributed by atoms with Gasteiger partial charge in [-0.15, -0.1) is 0 Å². The molecule has 0 radical (unpaired) electrons. The fourth-order valence-corrected chi connectivity index (χ4v) is 5.13. The molecule has 10 heteroatoms. The Morgan fingerprint density at radius 2 is 0.933 bits per heavy atom. The van der Waals surface area contributed by atoms with Crippen LogP contribution in [0.4, 0.5) is 20.2 Å². The van der Waals surface area contributed by atoms with Gasteiger partial charge < -0.3 is 0 Å². The van der Waals surface area contributed by atoms with Gasteiger partial charge in [-0.05, 0) is 11.1 Å². The van der Waals surface area contributed by atoms with Crippen LogP contribution in [0.2, 0.25) is 0 Å². The van der Waals surface area contributed by atoms with E-state index in [1.54, 1.807) is 60.7 Å². The third-order valence-electron chi connectivity index (χ3n) is 3.99. The van der Waals surface area contributed by atoms with E-state index in [0.29, 0.717) is 23.3 Å². The molecule has 0 aliphatic heterocycles. The molecular weight excluding hydrogens is 434 g/mol. The van der Waals surface area contributed by atoms with Crippen LogP contribution in [-0.4, -0.2) is 16.8 Å². The first-order valence-corrected chi connectivity index (χ1v) is 12.0. The molecule has 0 saturated carbocycles. The van der Waals surface area contributed by atoms with Crippen molar-refractivity contribution in [2.75, 3.05) is 9.44 Å². The minimum atomic E-state index is -4.03. The van der Waals surface area contributed by atoms with Gasteiger partial charge in [0.1, 0.15) is 0 Å². The zero-order chi connectivity index (χ0) is 21.8. The normalized spacial score (nSPS) is 11.8. The average Bonchev–Trinajstić information content (AvgIpc) is 2.66. The van der Waals surface area contributed by atoms with E-state index in [2.05, 4.69) is 9.44 Å². The number of benzene rings is 3. The van der Waals surface area contributed by atoms with Crippen molar-refractivity contribution in [3.05, 3.63) is 95.6 Å². The van der Waals surface area contributed by atoms with Gasteiger partial charge in [0.05, 0.1) is 22.9 Å². The molecule has 3 aromatic carbocycles. The molecule has 0 atom stereocenters.